The van der Waals surface area contributed by atoms with Gasteiger partial charge in [0.2, 0.25) is 0 Å². The van der Waals surface area contributed by atoms with Crippen LogP contribution in [0.25, 0.3) is 0 Å². The lowest BCUT2D eigenvalue weighted by Gasteiger charge is -2.32. The Morgan fingerprint density at radius 3 is 2.85 bits per heavy atom. The summed E-state index contributed by atoms with van der Waals surface area (Å²) in [6, 6.07) is 0. The summed E-state index contributed by atoms with van der Waals surface area (Å²) in [5, 5.41) is 8.18. The quantitative estimate of drug-likeness (QED) is 0.748. The second-order valence-corrected chi connectivity index (χ2v) is 5.69. The fraction of sp³-hybridized carbons (Fsp3) is 0.714. The SMILES string of the molecule is CCCNC(Cn1cc(Cl)cn1)(C(=O)OCC)C1CC1. The summed E-state index contributed by atoms with van der Waals surface area (Å²) < 4.78 is 7.03. The zero-order valence-corrected chi connectivity index (χ0v) is 12.8. The van der Waals surface area contributed by atoms with Crippen LogP contribution in [-0.4, -0.2) is 34.4 Å². The van der Waals surface area contributed by atoms with Gasteiger partial charge in [0.05, 0.1) is 24.4 Å². The molecule has 1 aromatic rings. The van der Waals surface area contributed by atoms with Crippen molar-refractivity contribution in [2.45, 2.75) is 45.2 Å². The molecule has 1 saturated carbocycles. The summed E-state index contributed by atoms with van der Waals surface area (Å²) in [6.45, 7) is 5.55. The second-order valence-electron chi connectivity index (χ2n) is 5.25. The molecule has 5 nitrogen and oxygen atoms in total. The first-order chi connectivity index (χ1) is 9.62. The molecule has 1 aromatic heterocycles. The Kier molecular flexibility index (Phi) is 5.05. The molecule has 1 atom stereocenters. The van der Waals surface area contributed by atoms with E-state index >= 15 is 0 Å². The molecule has 0 aliphatic heterocycles. The number of rotatable bonds is 8. The van der Waals surface area contributed by atoms with Gasteiger partial charge in [0.1, 0.15) is 5.54 Å². The first-order valence-electron chi connectivity index (χ1n) is 7.22. The first-order valence-corrected chi connectivity index (χ1v) is 7.60. The Bertz CT molecular complexity index is 459. The predicted molar refractivity (Wildman–Crippen MR) is 77.6 cm³/mol. The van der Waals surface area contributed by atoms with Crippen molar-refractivity contribution in [2.75, 3.05) is 13.2 Å². The van der Waals surface area contributed by atoms with Crippen LogP contribution in [0.5, 0.6) is 0 Å². The summed E-state index contributed by atoms with van der Waals surface area (Å²) in [5.74, 6) is 0.138. The highest BCUT2D eigenvalue weighted by Crippen LogP contribution is 2.41. The predicted octanol–water partition coefficient (Wildman–Crippen LogP) is 2.25. The van der Waals surface area contributed by atoms with E-state index in [1.54, 1.807) is 17.1 Å². The number of nitrogens with one attached hydrogen (secondary N) is 1. The minimum Gasteiger partial charge on any atom is -0.465 e. The number of halogens is 1. The Morgan fingerprint density at radius 1 is 1.60 bits per heavy atom. The van der Waals surface area contributed by atoms with Gasteiger partial charge >= 0.3 is 5.97 Å². The van der Waals surface area contributed by atoms with Crippen LogP contribution >= 0.6 is 11.6 Å². The van der Waals surface area contributed by atoms with E-state index in [0.717, 1.165) is 25.8 Å². The number of hydrogen-bond acceptors (Lipinski definition) is 4. The van der Waals surface area contributed by atoms with Gasteiger partial charge in [-0.2, -0.15) is 5.10 Å². The average Bonchev–Trinajstić information content (AvgIpc) is 3.19. The molecule has 2 rings (SSSR count). The van der Waals surface area contributed by atoms with Crippen molar-refractivity contribution < 1.29 is 9.53 Å². The fourth-order valence-electron chi connectivity index (χ4n) is 2.50. The Hall–Kier alpha value is -1.07. The topological polar surface area (TPSA) is 56.2 Å². The molecule has 0 aromatic carbocycles. The van der Waals surface area contributed by atoms with Crippen LogP contribution in [0.15, 0.2) is 12.4 Å². The number of carbonyl (C=O) groups is 1. The van der Waals surface area contributed by atoms with Gasteiger partial charge in [-0.15, -0.1) is 0 Å². The smallest absolute Gasteiger partial charge is 0.328 e. The first kappa shape index (κ1) is 15.3. The standard InChI is InChI=1S/C14H22ClN3O2/c1-3-7-16-14(11-5-6-11,13(19)20-4-2)10-18-9-12(15)8-17-18/h8-9,11,16H,3-7,10H2,1-2H3. The highest BCUT2D eigenvalue weighted by atomic mass is 35.5. The van der Waals surface area contributed by atoms with E-state index in [4.69, 9.17) is 16.3 Å². The van der Waals surface area contributed by atoms with Gasteiger partial charge < -0.3 is 10.1 Å². The van der Waals surface area contributed by atoms with Crippen molar-refractivity contribution >= 4 is 17.6 Å². The van der Waals surface area contributed by atoms with Gasteiger partial charge in [-0.3, -0.25) is 4.68 Å². The third kappa shape index (κ3) is 3.33. The van der Waals surface area contributed by atoms with Crippen LogP contribution in [0, 0.1) is 5.92 Å². The van der Waals surface area contributed by atoms with Gasteiger partial charge in [-0.1, -0.05) is 18.5 Å². The summed E-state index contributed by atoms with van der Waals surface area (Å²) >= 11 is 5.91. The lowest BCUT2D eigenvalue weighted by atomic mass is 9.92. The van der Waals surface area contributed by atoms with E-state index in [9.17, 15) is 4.79 Å². The zero-order chi connectivity index (χ0) is 14.6. The molecule has 0 amide bonds. The Morgan fingerprint density at radius 2 is 2.35 bits per heavy atom. The number of ether oxygens (including phenoxy) is 1. The minimum atomic E-state index is -0.679. The molecule has 1 aliphatic rings. The second kappa shape index (κ2) is 6.59. The molecule has 0 radical (unpaired) electrons. The summed E-state index contributed by atoms with van der Waals surface area (Å²) in [5.41, 5.74) is -0.679. The highest BCUT2D eigenvalue weighted by molar-refractivity contribution is 6.30. The van der Waals surface area contributed by atoms with E-state index in [1.165, 1.54) is 0 Å². The number of aromatic nitrogens is 2. The largest absolute Gasteiger partial charge is 0.465 e. The number of carbonyl (C=O) groups excluding carboxylic acids is 1. The van der Waals surface area contributed by atoms with Crippen molar-refractivity contribution in [2.24, 2.45) is 5.92 Å². The van der Waals surface area contributed by atoms with Crippen molar-refractivity contribution in [1.82, 2.24) is 15.1 Å². The molecule has 1 unspecified atom stereocenters. The molecule has 0 saturated heterocycles. The van der Waals surface area contributed by atoms with Crippen molar-refractivity contribution in [3.05, 3.63) is 17.4 Å². The van der Waals surface area contributed by atoms with E-state index in [-0.39, 0.29) is 5.97 Å². The Labute approximate surface area is 124 Å². The molecule has 1 N–H and O–H groups in total. The lowest BCUT2D eigenvalue weighted by molar-refractivity contribution is -0.153. The molecule has 20 heavy (non-hydrogen) atoms. The van der Waals surface area contributed by atoms with Gasteiger partial charge in [0.25, 0.3) is 0 Å². The van der Waals surface area contributed by atoms with E-state index < -0.39 is 5.54 Å². The van der Waals surface area contributed by atoms with Crippen LogP contribution in [0.1, 0.15) is 33.1 Å². The third-order valence-corrected chi connectivity index (χ3v) is 3.81. The van der Waals surface area contributed by atoms with Crippen LogP contribution in [0.3, 0.4) is 0 Å². The van der Waals surface area contributed by atoms with Crippen molar-refractivity contribution in [3.8, 4) is 0 Å². The average molecular weight is 300 g/mol. The molecule has 1 heterocycles. The van der Waals surface area contributed by atoms with Gasteiger partial charge in [-0.05, 0) is 38.6 Å². The molecule has 0 bridgehead atoms. The monoisotopic (exact) mass is 299 g/mol. The summed E-state index contributed by atoms with van der Waals surface area (Å²) in [4.78, 5) is 12.5. The summed E-state index contributed by atoms with van der Waals surface area (Å²) in [6.07, 6.45) is 6.39. The normalized spacial score (nSPS) is 17.8. The van der Waals surface area contributed by atoms with Crippen molar-refractivity contribution in [1.29, 1.82) is 0 Å². The van der Waals surface area contributed by atoms with Gasteiger partial charge in [-0.25, -0.2) is 4.79 Å². The molecular weight excluding hydrogens is 278 g/mol. The maximum absolute atomic E-state index is 12.5. The molecule has 1 fully saturated rings. The van der Waals surface area contributed by atoms with E-state index in [2.05, 4.69) is 17.3 Å². The third-order valence-electron chi connectivity index (χ3n) is 3.62. The van der Waals surface area contributed by atoms with Crippen molar-refractivity contribution in [3.63, 3.8) is 0 Å². The highest BCUT2D eigenvalue weighted by Gasteiger charge is 2.52. The van der Waals surface area contributed by atoms with Crippen LogP contribution in [-0.2, 0) is 16.1 Å². The Balaban J connectivity index is 2.22. The summed E-state index contributed by atoms with van der Waals surface area (Å²) in [7, 11) is 0. The lowest BCUT2D eigenvalue weighted by Crippen LogP contribution is -2.58. The molecule has 112 valence electrons. The van der Waals surface area contributed by atoms with Crippen LogP contribution < -0.4 is 5.32 Å². The fourth-order valence-corrected chi connectivity index (χ4v) is 2.65. The molecule has 6 heteroatoms. The maximum Gasteiger partial charge on any atom is 0.328 e. The van der Waals surface area contributed by atoms with Gasteiger partial charge in [0.15, 0.2) is 0 Å². The number of hydrogen-bond donors (Lipinski definition) is 1. The van der Waals surface area contributed by atoms with Crippen LogP contribution in [0.2, 0.25) is 5.02 Å². The van der Waals surface area contributed by atoms with E-state index in [1.807, 2.05) is 6.92 Å². The van der Waals surface area contributed by atoms with Crippen LogP contribution in [0.4, 0.5) is 0 Å². The molecule has 1 aliphatic carbocycles. The van der Waals surface area contributed by atoms with E-state index in [0.29, 0.717) is 24.1 Å². The number of nitrogens with zero attached hydrogens (tertiary/aromatic N) is 2. The minimum absolute atomic E-state index is 0.178. The number of esters is 1. The zero-order valence-electron chi connectivity index (χ0n) is 12.1. The molecule has 0 spiro atoms. The van der Waals surface area contributed by atoms with Gasteiger partial charge in [0, 0.05) is 6.20 Å². The maximum atomic E-state index is 12.5. The molecular formula is C14H22ClN3O2.